The molecule has 0 amide bonds. The van der Waals surface area contributed by atoms with Crippen molar-refractivity contribution < 1.29 is 9.84 Å². The number of hydrogen-bond donors (Lipinski definition) is 3. The number of methoxy groups -OCH3 is 1. The zero-order chi connectivity index (χ0) is 23.1. The molecule has 4 aliphatic rings. The van der Waals surface area contributed by atoms with Gasteiger partial charge in [-0.05, 0) is 49.5 Å². The zero-order valence-electron chi connectivity index (χ0n) is 19.2. The summed E-state index contributed by atoms with van der Waals surface area (Å²) >= 11 is 1.59. The minimum Gasteiger partial charge on any atom is -0.480 e. The maximum absolute atomic E-state index is 11.2. The fourth-order valence-electron chi connectivity index (χ4n) is 5.70. The van der Waals surface area contributed by atoms with Crippen molar-refractivity contribution in [1.29, 1.82) is 0 Å². The van der Waals surface area contributed by atoms with Crippen LogP contribution in [0.15, 0.2) is 60.2 Å². The van der Waals surface area contributed by atoms with Crippen LogP contribution < -0.4 is 14.8 Å². The SMILES string of the molecule is COc1cnc2cccc(C(O)CN3C4CCC3CC(NCC3=CC5=CNSN5C=C3)C4)c2n1. The van der Waals surface area contributed by atoms with Crippen LogP contribution in [-0.2, 0) is 0 Å². The molecule has 1 aromatic carbocycles. The fourth-order valence-corrected chi connectivity index (χ4v) is 6.32. The topological polar surface area (TPSA) is 85.8 Å². The van der Waals surface area contributed by atoms with E-state index in [0.29, 0.717) is 30.6 Å². The normalized spacial score (nSPS) is 26.8. The number of allylic oxidation sites excluding steroid dienone is 1. The molecule has 178 valence electrons. The molecule has 0 radical (unpaired) electrons. The van der Waals surface area contributed by atoms with Crippen molar-refractivity contribution >= 4 is 23.2 Å². The summed E-state index contributed by atoms with van der Waals surface area (Å²) < 4.78 is 10.6. The third kappa shape index (κ3) is 4.17. The van der Waals surface area contributed by atoms with E-state index in [2.05, 4.69) is 47.6 Å². The van der Waals surface area contributed by atoms with Gasteiger partial charge in [-0.3, -0.25) is 9.21 Å². The van der Waals surface area contributed by atoms with Gasteiger partial charge in [-0.15, -0.1) is 0 Å². The third-order valence-corrected chi connectivity index (χ3v) is 8.14. The summed E-state index contributed by atoms with van der Waals surface area (Å²) in [6, 6.07) is 7.34. The van der Waals surface area contributed by atoms with Gasteiger partial charge in [0.25, 0.3) is 0 Å². The summed E-state index contributed by atoms with van der Waals surface area (Å²) in [4.78, 5) is 11.5. The Bertz CT molecular complexity index is 1150. The number of aromatic nitrogens is 2. The van der Waals surface area contributed by atoms with Crippen molar-refractivity contribution in [2.75, 3.05) is 20.2 Å². The van der Waals surface area contributed by atoms with Crippen molar-refractivity contribution in [1.82, 2.24) is 29.2 Å². The summed E-state index contributed by atoms with van der Waals surface area (Å²) in [6.45, 7) is 1.51. The van der Waals surface area contributed by atoms with Gasteiger partial charge in [0.05, 0.1) is 48.3 Å². The molecule has 3 unspecified atom stereocenters. The first kappa shape index (κ1) is 21.9. The Kier molecular flexibility index (Phi) is 5.94. The molecular weight excluding hydrogens is 448 g/mol. The Morgan fingerprint density at radius 1 is 1.29 bits per heavy atom. The summed E-state index contributed by atoms with van der Waals surface area (Å²) in [6.07, 6.45) is 14.2. The number of aliphatic hydroxyl groups excluding tert-OH is 1. The highest BCUT2D eigenvalue weighted by Gasteiger charge is 2.41. The number of hydrogen-bond acceptors (Lipinski definition) is 9. The Morgan fingerprint density at radius 3 is 2.97 bits per heavy atom. The van der Waals surface area contributed by atoms with Crippen LogP contribution in [-0.4, -0.2) is 62.6 Å². The molecule has 2 aromatic rings. The molecule has 3 atom stereocenters. The minimum absolute atomic E-state index is 0.467. The van der Waals surface area contributed by atoms with Gasteiger partial charge in [-0.1, -0.05) is 12.1 Å². The Labute approximate surface area is 204 Å². The molecule has 6 rings (SSSR count). The summed E-state index contributed by atoms with van der Waals surface area (Å²) in [5.41, 5.74) is 4.83. The Hall–Kier alpha value is -2.59. The average Bonchev–Trinajstić information content (AvgIpc) is 3.42. The number of para-hydroxylation sites is 1. The van der Waals surface area contributed by atoms with Crippen molar-refractivity contribution in [3.05, 3.63) is 65.8 Å². The lowest BCUT2D eigenvalue weighted by atomic mass is 9.95. The van der Waals surface area contributed by atoms with Crippen molar-refractivity contribution in [2.24, 2.45) is 0 Å². The van der Waals surface area contributed by atoms with E-state index in [0.717, 1.165) is 36.0 Å². The van der Waals surface area contributed by atoms with Crippen LogP contribution in [0.1, 0.15) is 37.4 Å². The van der Waals surface area contributed by atoms with E-state index in [9.17, 15) is 5.11 Å². The van der Waals surface area contributed by atoms with E-state index in [4.69, 9.17) is 4.74 Å². The van der Waals surface area contributed by atoms with Gasteiger partial charge in [0.15, 0.2) is 0 Å². The fraction of sp³-hybridized carbons (Fsp3) is 0.440. The molecule has 2 bridgehead atoms. The van der Waals surface area contributed by atoms with Gasteiger partial charge in [-0.2, -0.15) is 0 Å². The highest BCUT2D eigenvalue weighted by molar-refractivity contribution is 7.95. The highest BCUT2D eigenvalue weighted by Crippen LogP contribution is 2.38. The minimum atomic E-state index is -0.607. The largest absolute Gasteiger partial charge is 0.480 e. The molecule has 9 heteroatoms. The first-order valence-corrected chi connectivity index (χ1v) is 12.7. The summed E-state index contributed by atoms with van der Waals surface area (Å²) in [5, 5.41) is 15.0. The molecule has 1 aromatic heterocycles. The van der Waals surface area contributed by atoms with Gasteiger partial charge in [0.2, 0.25) is 5.88 Å². The van der Waals surface area contributed by atoms with Crippen molar-refractivity contribution in [3.8, 4) is 5.88 Å². The Balaban J connectivity index is 1.10. The number of piperidine rings is 1. The van der Waals surface area contributed by atoms with Crippen LogP contribution >= 0.6 is 12.1 Å². The van der Waals surface area contributed by atoms with Gasteiger partial charge in [-0.25, -0.2) is 9.97 Å². The van der Waals surface area contributed by atoms with Gasteiger partial charge >= 0.3 is 0 Å². The molecule has 8 nitrogen and oxygen atoms in total. The number of benzene rings is 1. The molecule has 3 N–H and O–H groups in total. The monoisotopic (exact) mass is 478 g/mol. The third-order valence-electron chi connectivity index (χ3n) is 7.38. The number of ether oxygens (including phenoxy) is 1. The van der Waals surface area contributed by atoms with Crippen LogP contribution in [0, 0.1) is 0 Å². The molecule has 34 heavy (non-hydrogen) atoms. The molecule has 2 saturated heterocycles. The first-order chi connectivity index (χ1) is 16.7. The lowest BCUT2D eigenvalue weighted by Crippen LogP contribution is -2.50. The smallest absolute Gasteiger partial charge is 0.232 e. The van der Waals surface area contributed by atoms with Crippen LogP contribution in [0.3, 0.4) is 0 Å². The molecule has 0 spiro atoms. The van der Waals surface area contributed by atoms with Crippen LogP contribution in [0.4, 0.5) is 0 Å². The average molecular weight is 479 g/mol. The van der Waals surface area contributed by atoms with Gasteiger partial charge in [0.1, 0.15) is 0 Å². The van der Waals surface area contributed by atoms with Crippen LogP contribution in [0.2, 0.25) is 0 Å². The molecule has 4 aliphatic heterocycles. The van der Waals surface area contributed by atoms with E-state index in [1.807, 2.05) is 24.4 Å². The standard InChI is InChI=1S/C25H30N6O2S/c1-33-24-14-27-22-4-2-3-21(25(22)29-24)23(32)15-30-18-5-6-19(30)11-17(10-18)26-12-16-7-8-31-20(9-16)13-28-34-31/h2-4,7-9,13-14,17-19,23,26,28,32H,5-6,10-12,15H2,1H3. The molecule has 0 aliphatic carbocycles. The van der Waals surface area contributed by atoms with E-state index in [-0.39, 0.29) is 0 Å². The number of nitrogens with one attached hydrogen (secondary N) is 2. The maximum atomic E-state index is 11.2. The molecule has 0 saturated carbocycles. The summed E-state index contributed by atoms with van der Waals surface area (Å²) in [7, 11) is 1.59. The van der Waals surface area contributed by atoms with E-state index < -0.39 is 6.10 Å². The van der Waals surface area contributed by atoms with Crippen molar-refractivity contribution in [2.45, 2.75) is 49.9 Å². The van der Waals surface area contributed by atoms with E-state index in [1.165, 1.54) is 24.1 Å². The Morgan fingerprint density at radius 2 is 2.15 bits per heavy atom. The second-order valence-corrected chi connectivity index (χ2v) is 10.2. The summed E-state index contributed by atoms with van der Waals surface area (Å²) in [5.74, 6) is 0.467. The highest BCUT2D eigenvalue weighted by atomic mass is 32.2. The number of nitrogens with zero attached hydrogens (tertiary/aromatic N) is 4. The predicted molar refractivity (Wildman–Crippen MR) is 133 cm³/mol. The van der Waals surface area contributed by atoms with Gasteiger partial charge in [0, 0.05) is 49.2 Å². The quantitative estimate of drug-likeness (QED) is 0.520. The molecule has 2 fully saturated rings. The van der Waals surface area contributed by atoms with E-state index in [1.54, 1.807) is 25.4 Å². The lowest BCUT2D eigenvalue weighted by molar-refractivity contribution is 0.0528. The zero-order valence-corrected chi connectivity index (χ0v) is 20.0. The number of rotatable bonds is 7. The lowest BCUT2D eigenvalue weighted by Gasteiger charge is -2.40. The number of aliphatic hydroxyl groups is 1. The second kappa shape index (κ2) is 9.22. The van der Waals surface area contributed by atoms with Crippen LogP contribution in [0.25, 0.3) is 11.0 Å². The predicted octanol–water partition coefficient (Wildman–Crippen LogP) is 3.02. The second-order valence-electron chi connectivity index (χ2n) is 9.41. The molecular formula is C25H30N6O2S. The van der Waals surface area contributed by atoms with Crippen LogP contribution in [0.5, 0.6) is 5.88 Å². The van der Waals surface area contributed by atoms with Gasteiger partial charge < -0.3 is 19.9 Å². The van der Waals surface area contributed by atoms with E-state index >= 15 is 0 Å². The number of fused-ring (bicyclic) bond motifs is 4. The first-order valence-electron chi connectivity index (χ1n) is 12.0. The molecule has 5 heterocycles. The maximum Gasteiger partial charge on any atom is 0.232 e. The van der Waals surface area contributed by atoms with Crippen molar-refractivity contribution in [3.63, 3.8) is 0 Å².